The van der Waals surface area contributed by atoms with Crippen LogP contribution in [0, 0.1) is 0 Å². The average molecular weight is 293 g/mol. The van der Waals surface area contributed by atoms with Gasteiger partial charge in [0.1, 0.15) is 4.99 Å². The Morgan fingerprint density at radius 1 is 1.35 bits per heavy atom. The minimum absolute atomic E-state index is 0.0355. The van der Waals surface area contributed by atoms with E-state index in [-0.39, 0.29) is 5.91 Å². The molecule has 0 aliphatic carbocycles. The van der Waals surface area contributed by atoms with Gasteiger partial charge in [-0.1, -0.05) is 44.6 Å². The number of nitrogens with two attached hydrogens (primary N) is 1. The lowest BCUT2D eigenvalue weighted by Crippen LogP contribution is -2.34. The molecule has 0 atom stereocenters. The van der Waals surface area contributed by atoms with Crippen molar-refractivity contribution in [2.24, 2.45) is 5.73 Å². The molecule has 0 radical (unpaired) electrons. The van der Waals surface area contributed by atoms with Crippen LogP contribution in [0.2, 0.25) is 0 Å². The monoisotopic (exact) mass is 293 g/mol. The van der Waals surface area contributed by atoms with E-state index in [2.05, 4.69) is 24.1 Å². The van der Waals surface area contributed by atoms with E-state index < -0.39 is 0 Å². The van der Waals surface area contributed by atoms with Crippen molar-refractivity contribution in [2.45, 2.75) is 26.7 Å². The molecule has 0 spiro atoms. The predicted octanol–water partition coefficient (Wildman–Crippen LogP) is 2.38. The van der Waals surface area contributed by atoms with Crippen LogP contribution in [0.1, 0.15) is 32.3 Å². The highest BCUT2D eigenvalue weighted by Crippen LogP contribution is 2.14. The maximum atomic E-state index is 12.1. The van der Waals surface area contributed by atoms with Gasteiger partial charge in [-0.2, -0.15) is 0 Å². The van der Waals surface area contributed by atoms with E-state index in [4.69, 9.17) is 18.0 Å². The van der Waals surface area contributed by atoms with Gasteiger partial charge in [-0.25, -0.2) is 0 Å². The molecule has 1 aromatic carbocycles. The summed E-state index contributed by atoms with van der Waals surface area (Å²) >= 11 is 4.99. The summed E-state index contributed by atoms with van der Waals surface area (Å²) in [4.78, 5) is 14.5. The highest BCUT2D eigenvalue weighted by Gasteiger charge is 2.11. The number of amides is 1. The first kappa shape index (κ1) is 16.6. The third-order valence-corrected chi connectivity index (χ3v) is 3.33. The van der Waals surface area contributed by atoms with E-state index in [9.17, 15) is 4.79 Å². The number of benzene rings is 1. The molecule has 0 aliphatic heterocycles. The molecule has 0 unspecified atom stereocenters. The van der Waals surface area contributed by atoms with E-state index in [0.717, 1.165) is 25.9 Å². The summed E-state index contributed by atoms with van der Waals surface area (Å²) in [6.45, 7) is 6.40. The predicted molar refractivity (Wildman–Crippen MR) is 88.0 cm³/mol. The van der Waals surface area contributed by atoms with Crippen molar-refractivity contribution in [3.05, 3.63) is 29.8 Å². The molecule has 0 aromatic heterocycles. The lowest BCUT2D eigenvalue weighted by atomic mass is 10.2. The SMILES string of the molecule is CCCCN(CC)CC(=O)Nc1ccccc1C(N)=S. The number of thiocarbonyl (C=S) groups is 1. The summed E-state index contributed by atoms with van der Waals surface area (Å²) in [5, 5.41) is 2.88. The quantitative estimate of drug-likeness (QED) is 0.723. The Bertz CT molecular complexity index is 462. The van der Waals surface area contributed by atoms with E-state index >= 15 is 0 Å². The topological polar surface area (TPSA) is 58.4 Å². The fourth-order valence-corrected chi connectivity index (χ4v) is 2.11. The van der Waals surface area contributed by atoms with Crippen molar-refractivity contribution in [1.82, 2.24) is 4.90 Å². The van der Waals surface area contributed by atoms with Gasteiger partial charge < -0.3 is 11.1 Å². The first-order valence-electron chi connectivity index (χ1n) is 6.99. The van der Waals surface area contributed by atoms with Crippen LogP contribution >= 0.6 is 12.2 Å². The Balaban J connectivity index is 2.64. The fourth-order valence-electron chi connectivity index (χ4n) is 1.93. The second kappa shape index (κ2) is 8.66. The average Bonchev–Trinajstić information content (AvgIpc) is 2.43. The van der Waals surface area contributed by atoms with E-state index in [0.29, 0.717) is 22.8 Å². The molecular weight excluding hydrogens is 270 g/mol. The molecule has 0 fully saturated rings. The molecule has 0 saturated heterocycles. The molecular formula is C15H23N3OS. The number of para-hydroxylation sites is 1. The standard InChI is InChI=1S/C15H23N3OS/c1-3-5-10-18(4-2)11-14(19)17-13-9-7-6-8-12(13)15(16)20/h6-9H,3-5,10-11H2,1-2H3,(H2,16,20)(H,17,19). The normalized spacial score (nSPS) is 10.6. The van der Waals surface area contributed by atoms with Crippen LogP contribution in [0.5, 0.6) is 0 Å². The van der Waals surface area contributed by atoms with Gasteiger partial charge >= 0.3 is 0 Å². The third kappa shape index (κ3) is 5.27. The number of anilines is 1. The maximum absolute atomic E-state index is 12.1. The molecule has 0 bridgehead atoms. The second-order valence-electron chi connectivity index (χ2n) is 4.68. The summed E-state index contributed by atoms with van der Waals surface area (Å²) in [5.74, 6) is -0.0355. The summed E-state index contributed by atoms with van der Waals surface area (Å²) in [7, 11) is 0. The number of likely N-dealkylation sites (N-methyl/N-ethyl adjacent to an activating group) is 1. The summed E-state index contributed by atoms with van der Waals surface area (Å²) in [6, 6.07) is 7.33. The number of nitrogens with one attached hydrogen (secondary N) is 1. The zero-order valence-electron chi connectivity index (χ0n) is 12.2. The largest absolute Gasteiger partial charge is 0.389 e. The Hall–Kier alpha value is -1.46. The second-order valence-corrected chi connectivity index (χ2v) is 5.12. The van der Waals surface area contributed by atoms with Crippen LogP contribution in [0.3, 0.4) is 0 Å². The van der Waals surface area contributed by atoms with Gasteiger partial charge in [-0.15, -0.1) is 0 Å². The third-order valence-electron chi connectivity index (χ3n) is 3.11. The Morgan fingerprint density at radius 2 is 2.05 bits per heavy atom. The molecule has 0 saturated carbocycles. The summed E-state index contributed by atoms with van der Waals surface area (Å²) in [5.41, 5.74) is 7.03. The minimum Gasteiger partial charge on any atom is -0.389 e. The van der Waals surface area contributed by atoms with E-state index in [1.54, 1.807) is 0 Å². The molecule has 5 heteroatoms. The van der Waals surface area contributed by atoms with Crippen LogP contribution in [-0.4, -0.2) is 35.4 Å². The summed E-state index contributed by atoms with van der Waals surface area (Å²) < 4.78 is 0. The van der Waals surface area contributed by atoms with E-state index in [1.807, 2.05) is 24.3 Å². The van der Waals surface area contributed by atoms with Gasteiger partial charge in [0.15, 0.2) is 0 Å². The fraction of sp³-hybridized carbons (Fsp3) is 0.467. The van der Waals surface area contributed by atoms with Crippen molar-refractivity contribution in [3.63, 3.8) is 0 Å². The molecule has 0 heterocycles. The van der Waals surface area contributed by atoms with Gasteiger partial charge in [-0.05, 0) is 31.6 Å². The lowest BCUT2D eigenvalue weighted by molar-refractivity contribution is -0.117. The van der Waals surface area contributed by atoms with Crippen LogP contribution in [0.25, 0.3) is 0 Å². The smallest absolute Gasteiger partial charge is 0.238 e. The van der Waals surface area contributed by atoms with Crippen LogP contribution in [0.15, 0.2) is 24.3 Å². The van der Waals surface area contributed by atoms with Gasteiger partial charge in [0.05, 0.1) is 12.2 Å². The summed E-state index contributed by atoms with van der Waals surface area (Å²) in [6.07, 6.45) is 2.23. The molecule has 1 rings (SSSR count). The zero-order chi connectivity index (χ0) is 15.0. The molecule has 4 nitrogen and oxygen atoms in total. The molecule has 1 amide bonds. The zero-order valence-corrected chi connectivity index (χ0v) is 13.0. The van der Waals surface area contributed by atoms with Crippen LogP contribution in [0.4, 0.5) is 5.69 Å². The number of nitrogens with zero attached hydrogens (tertiary/aromatic N) is 1. The maximum Gasteiger partial charge on any atom is 0.238 e. The van der Waals surface area contributed by atoms with Crippen molar-refractivity contribution >= 4 is 28.8 Å². The molecule has 1 aromatic rings. The first-order chi connectivity index (χ1) is 9.58. The van der Waals surface area contributed by atoms with Crippen LogP contribution in [-0.2, 0) is 4.79 Å². The highest BCUT2D eigenvalue weighted by atomic mass is 32.1. The molecule has 20 heavy (non-hydrogen) atoms. The Morgan fingerprint density at radius 3 is 2.65 bits per heavy atom. The molecule has 0 aliphatic rings. The number of carbonyl (C=O) groups excluding carboxylic acids is 1. The number of rotatable bonds is 8. The minimum atomic E-state index is -0.0355. The van der Waals surface area contributed by atoms with Crippen molar-refractivity contribution in [2.75, 3.05) is 25.0 Å². The van der Waals surface area contributed by atoms with Gasteiger partial charge in [0.2, 0.25) is 5.91 Å². The van der Waals surface area contributed by atoms with Crippen molar-refractivity contribution in [1.29, 1.82) is 0 Å². The number of carbonyl (C=O) groups is 1. The van der Waals surface area contributed by atoms with Crippen molar-refractivity contribution in [3.8, 4) is 0 Å². The Labute approximate surface area is 126 Å². The number of hydrogen-bond donors (Lipinski definition) is 2. The Kier molecular flexibility index (Phi) is 7.18. The molecule has 110 valence electrons. The molecule has 3 N–H and O–H groups in total. The van der Waals surface area contributed by atoms with Crippen molar-refractivity contribution < 1.29 is 4.79 Å². The van der Waals surface area contributed by atoms with Gasteiger partial charge in [0, 0.05) is 5.56 Å². The lowest BCUT2D eigenvalue weighted by Gasteiger charge is -2.19. The van der Waals surface area contributed by atoms with E-state index in [1.165, 1.54) is 0 Å². The highest BCUT2D eigenvalue weighted by molar-refractivity contribution is 7.80. The number of hydrogen-bond acceptors (Lipinski definition) is 3. The number of unbranched alkanes of at least 4 members (excludes halogenated alkanes) is 1. The van der Waals surface area contributed by atoms with Crippen LogP contribution < -0.4 is 11.1 Å². The van der Waals surface area contributed by atoms with Gasteiger partial charge in [0.25, 0.3) is 0 Å². The van der Waals surface area contributed by atoms with Gasteiger partial charge in [-0.3, -0.25) is 9.69 Å². The first-order valence-corrected chi connectivity index (χ1v) is 7.40.